The summed E-state index contributed by atoms with van der Waals surface area (Å²) in [5.41, 5.74) is 1.15. The number of nitrogens with one attached hydrogen (secondary N) is 1. The van der Waals surface area contributed by atoms with Crippen molar-refractivity contribution in [2.75, 3.05) is 7.11 Å². The summed E-state index contributed by atoms with van der Waals surface area (Å²) in [6, 6.07) is 18.8. The van der Waals surface area contributed by atoms with Crippen molar-refractivity contribution in [3.63, 3.8) is 0 Å². The summed E-state index contributed by atoms with van der Waals surface area (Å²) in [6.45, 7) is 0. The number of ether oxygens (including phenoxy) is 1. The maximum absolute atomic E-state index is 12.6. The molecule has 0 bridgehead atoms. The van der Waals surface area contributed by atoms with E-state index in [-0.39, 0.29) is 5.56 Å². The van der Waals surface area contributed by atoms with Gasteiger partial charge in [0.2, 0.25) is 0 Å². The highest BCUT2D eigenvalue weighted by molar-refractivity contribution is 7.80. The second kappa shape index (κ2) is 8.01. The molecule has 1 unspecified atom stereocenters. The van der Waals surface area contributed by atoms with Crippen LogP contribution >= 0.6 is 24.0 Å². The van der Waals surface area contributed by atoms with E-state index in [0.717, 1.165) is 10.6 Å². The van der Waals surface area contributed by atoms with Gasteiger partial charge in [-0.3, -0.25) is 9.36 Å². The zero-order chi connectivity index (χ0) is 21.4. The number of aromatic nitrogens is 5. The van der Waals surface area contributed by atoms with Gasteiger partial charge >= 0.3 is 0 Å². The predicted octanol–water partition coefficient (Wildman–Crippen LogP) is 4.26. The fraction of sp³-hybridized carbons (Fsp3) is 0.0909. The number of H-pyrrole nitrogens is 1. The Balaban J connectivity index is 1.72. The van der Waals surface area contributed by atoms with Crippen molar-refractivity contribution in [2.24, 2.45) is 0 Å². The Morgan fingerprint density at radius 1 is 1.06 bits per heavy atom. The van der Waals surface area contributed by atoms with Gasteiger partial charge in [-0.15, -0.1) is 21.5 Å². The lowest BCUT2D eigenvalue weighted by Gasteiger charge is -2.16. The quantitative estimate of drug-likeness (QED) is 0.393. The summed E-state index contributed by atoms with van der Waals surface area (Å²) in [7, 11) is 1.62. The predicted molar refractivity (Wildman–Crippen MR) is 124 cm³/mol. The van der Waals surface area contributed by atoms with Gasteiger partial charge in [-0.05, 0) is 35.7 Å². The van der Waals surface area contributed by atoms with Crippen molar-refractivity contribution in [1.29, 1.82) is 0 Å². The van der Waals surface area contributed by atoms with Crippen molar-refractivity contribution < 1.29 is 4.74 Å². The molecular weight excluding hydrogens is 430 g/mol. The maximum Gasteiger partial charge on any atom is 0.258 e. The average Bonchev–Trinajstić information content (AvgIpc) is 3.48. The molecular formula is C22H17N5O2S2. The Morgan fingerprint density at radius 2 is 1.87 bits per heavy atom. The average molecular weight is 448 g/mol. The number of thiophene rings is 1. The lowest BCUT2D eigenvalue weighted by Crippen LogP contribution is -2.16. The molecule has 1 N–H and O–H groups in total. The molecule has 1 atom stereocenters. The van der Waals surface area contributed by atoms with E-state index in [1.807, 2.05) is 58.5 Å². The van der Waals surface area contributed by atoms with Crippen LogP contribution in [-0.4, -0.2) is 31.8 Å². The molecule has 0 saturated heterocycles. The van der Waals surface area contributed by atoms with E-state index in [1.54, 1.807) is 30.6 Å². The van der Waals surface area contributed by atoms with Crippen LogP contribution in [0.4, 0.5) is 0 Å². The standard InChI is InChI=1S/C22H17N5O2S2/c1-29-16-10-5-4-9-15(16)27-20(17-11-6-12-31-17)25-26-21(27)18(30)19-23-14-8-3-2-7-13(14)22(28)24-19/h2-12,18,30H,1H3,(H,23,24,28). The summed E-state index contributed by atoms with van der Waals surface area (Å²) in [6.07, 6.45) is 0. The fourth-order valence-electron chi connectivity index (χ4n) is 3.45. The molecule has 9 heteroatoms. The molecule has 5 aromatic rings. The van der Waals surface area contributed by atoms with Gasteiger partial charge in [0.25, 0.3) is 5.56 Å². The van der Waals surface area contributed by atoms with Crippen molar-refractivity contribution in [2.45, 2.75) is 5.25 Å². The molecule has 0 aliphatic heterocycles. The highest BCUT2D eigenvalue weighted by atomic mass is 32.1. The topological polar surface area (TPSA) is 85.7 Å². The van der Waals surface area contributed by atoms with Crippen LogP contribution in [0.1, 0.15) is 16.9 Å². The molecule has 3 aromatic heterocycles. The highest BCUT2D eigenvalue weighted by Crippen LogP contribution is 2.35. The fourth-order valence-corrected chi connectivity index (χ4v) is 4.43. The number of methoxy groups -OCH3 is 1. The van der Waals surface area contributed by atoms with E-state index in [4.69, 9.17) is 17.4 Å². The zero-order valence-corrected chi connectivity index (χ0v) is 18.1. The molecule has 0 radical (unpaired) electrons. The summed E-state index contributed by atoms with van der Waals surface area (Å²) in [5, 5.41) is 10.8. The zero-order valence-electron chi connectivity index (χ0n) is 16.4. The number of benzene rings is 2. The third-order valence-corrected chi connectivity index (χ3v) is 6.23. The summed E-state index contributed by atoms with van der Waals surface area (Å²) >= 11 is 6.34. The van der Waals surface area contributed by atoms with E-state index < -0.39 is 5.25 Å². The van der Waals surface area contributed by atoms with Crippen LogP contribution in [0.2, 0.25) is 0 Å². The van der Waals surface area contributed by atoms with Gasteiger partial charge in [-0.2, -0.15) is 12.6 Å². The lowest BCUT2D eigenvalue weighted by atomic mass is 10.2. The maximum atomic E-state index is 12.6. The van der Waals surface area contributed by atoms with Crippen molar-refractivity contribution in [1.82, 2.24) is 24.7 Å². The van der Waals surface area contributed by atoms with Gasteiger partial charge in [-0.1, -0.05) is 30.3 Å². The largest absolute Gasteiger partial charge is 0.495 e. The minimum Gasteiger partial charge on any atom is -0.495 e. The number of para-hydroxylation sites is 3. The van der Waals surface area contributed by atoms with Crippen LogP contribution < -0.4 is 10.3 Å². The first-order valence-corrected chi connectivity index (χ1v) is 10.9. The molecule has 5 rings (SSSR count). The summed E-state index contributed by atoms with van der Waals surface area (Å²) in [5.74, 6) is 2.25. The Labute approximate surface area is 186 Å². The highest BCUT2D eigenvalue weighted by Gasteiger charge is 2.26. The number of fused-ring (bicyclic) bond motifs is 1. The van der Waals surface area contributed by atoms with E-state index in [9.17, 15) is 4.79 Å². The van der Waals surface area contributed by atoms with Crippen LogP contribution in [-0.2, 0) is 0 Å². The van der Waals surface area contributed by atoms with E-state index in [2.05, 4.69) is 20.2 Å². The number of hydrogen-bond acceptors (Lipinski definition) is 7. The second-order valence-corrected chi connectivity index (χ2v) is 8.20. The van der Waals surface area contributed by atoms with Crippen LogP contribution in [0.3, 0.4) is 0 Å². The molecule has 31 heavy (non-hydrogen) atoms. The molecule has 0 spiro atoms. The number of rotatable bonds is 5. The van der Waals surface area contributed by atoms with Crippen LogP contribution in [0.25, 0.3) is 27.3 Å². The van der Waals surface area contributed by atoms with Crippen molar-refractivity contribution in [3.05, 3.63) is 88.0 Å². The van der Waals surface area contributed by atoms with Gasteiger partial charge in [0.15, 0.2) is 11.6 Å². The third-order valence-electron chi connectivity index (χ3n) is 4.89. The molecule has 154 valence electrons. The molecule has 0 amide bonds. The van der Waals surface area contributed by atoms with E-state index in [0.29, 0.717) is 34.1 Å². The van der Waals surface area contributed by atoms with Gasteiger partial charge in [0, 0.05) is 0 Å². The Kier molecular flexibility index (Phi) is 5.05. The minimum atomic E-state index is -0.622. The Hall–Kier alpha value is -3.43. The third kappa shape index (κ3) is 3.41. The van der Waals surface area contributed by atoms with Crippen LogP contribution in [0.15, 0.2) is 70.8 Å². The molecule has 0 aliphatic rings. The van der Waals surface area contributed by atoms with Crippen LogP contribution in [0.5, 0.6) is 5.75 Å². The molecule has 3 heterocycles. The van der Waals surface area contributed by atoms with Crippen LogP contribution in [0, 0.1) is 0 Å². The van der Waals surface area contributed by atoms with Gasteiger partial charge < -0.3 is 9.72 Å². The van der Waals surface area contributed by atoms with Crippen molar-refractivity contribution in [3.8, 4) is 22.1 Å². The van der Waals surface area contributed by atoms with Gasteiger partial charge in [0.05, 0.1) is 28.6 Å². The molecule has 7 nitrogen and oxygen atoms in total. The van der Waals surface area contributed by atoms with E-state index in [1.165, 1.54) is 0 Å². The minimum absolute atomic E-state index is 0.221. The smallest absolute Gasteiger partial charge is 0.258 e. The Morgan fingerprint density at radius 3 is 2.68 bits per heavy atom. The van der Waals surface area contributed by atoms with Gasteiger partial charge in [-0.25, -0.2) is 4.98 Å². The monoisotopic (exact) mass is 447 g/mol. The Bertz CT molecular complexity index is 1430. The van der Waals surface area contributed by atoms with Crippen molar-refractivity contribution >= 4 is 34.9 Å². The number of nitrogens with zero attached hydrogens (tertiary/aromatic N) is 4. The van der Waals surface area contributed by atoms with Gasteiger partial charge in [0.1, 0.15) is 16.8 Å². The normalized spacial score (nSPS) is 12.2. The number of hydrogen-bond donors (Lipinski definition) is 2. The first-order valence-electron chi connectivity index (χ1n) is 9.47. The summed E-state index contributed by atoms with van der Waals surface area (Å²) < 4.78 is 7.49. The second-order valence-electron chi connectivity index (χ2n) is 6.74. The molecule has 0 fully saturated rings. The summed E-state index contributed by atoms with van der Waals surface area (Å²) in [4.78, 5) is 21.0. The number of thiol groups is 1. The number of aromatic amines is 1. The lowest BCUT2D eigenvalue weighted by molar-refractivity contribution is 0.412. The first kappa shape index (κ1) is 19.5. The molecule has 2 aromatic carbocycles. The molecule has 0 saturated carbocycles. The molecule has 0 aliphatic carbocycles. The van der Waals surface area contributed by atoms with E-state index >= 15 is 0 Å². The first-order chi connectivity index (χ1) is 15.2. The SMILES string of the molecule is COc1ccccc1-n1c(-c2cccs2)nnc1C(S)c1nc2ccccc2c(=O)[nH]1.